The topological polar surface area (TPSA) is 112 Å². The molecule has 0 aliphatic carbocycles. The van der Waals surface area contributed by atoms with Crippen LogP contribution in [0.1, 0.15) is 27.6 Å². The fourth-order valence-corrected chi connectivity index (χ4v) is 5.61. The standard InChI is InChI=1S/C28H25NO8S/c1-2-35-28(31)25-23-18-21(10-13-24(23)37-26(25)19-6-4-3-5-7-19)36-27(30)20-8-11-22(12-9-20)38(32,33)29-14-16-34-17-15-29/h3-13,18H,2,14-17H2,1H3. The Morgan fingerprint density at radius 2 is 1.63 bits per heavy atom. The molecule has 0 spiro atoms. The number of morpholine rings is 1. The van der Waals surface area contributed by atoms with Gasteiger partial charge in [-0.15, -0.1) is 0 Å². The van der Waals surface area contributed by atoms with Crippen LogP contribution in [0.15, 0.2) is 82.1 Å². The Hall–Kier alpha value is -3.99. The summed E-state index contributed by atoms with van der Waals surface area (Å²) in [4.78, 5) is 25.8. The number of carbonyl (C=O) groups excluding carboxylic acids is 2. The highest BCUT2D eigenvalue weighted by atomic mass is 32.2. The first-order valence-electron chi connectivity index (χ1n) is 12.1. The average Bonchev–Trinajstić information content (AvgIpc) is 3.33. The third-order valence-electron chi connectivity index (χ3n) is 6.08. The lowest BCUT2D eigenvalue weighted by atomic mass is 10.1. The largest absolute Gasteiger partial charge is 0.462 e. The molecule has 1 saturated heterocycles. The smallest absolute Gasteiger partial charge is 0.343 e. The van der Waals surface area contributed by atoms with E-state index in [1.165, 1.54) is 28.6 Å². The summed E-state index contributed by atoms with van der Waals surface area (Å²) >= 11 is 0. The predicted molar refractivity (Wildman–Crippen MR) is 139 cm³/mol. The van der Waals surface area contributed by atoms with Gasteiger partial charge in [-0.25, -0.2) is 18.0 Å². The van der Waals surface area contributed by atoms with Crippen LogP contribution in [0, 0.1) is 0 Å². The quantitative estimate of drug-likeness (QED) is 0.251. The second kappa shape index (κ2) is 10.8. The summed E-state index contributed by atoms with van der Waals surface area (Å²) in [5.74, 6) is -0.673. The first-order chi connectivity index (χ1) is 18.4. The van der Waals surface area contributed by atoms with E-state index in [1.807, 2.05) is 30.3 Å². The van der Waals surface area contributed by atoms with Gasteiger partial charge in [0.15, 0.2) is 0 Å². The molecule has 4 aromatic rings. The van der Waals surface area contributed by atoms with Crippen molar-refractivity contribution in [2.45, 2.75) is 11.8 Å². The fourth-order valence-electron chi connectivity index (χ4n) is 4.20. The number of hydrogen-bond acceptors (Lipinski definition) is 8. The molecule has 0 N–H and O–H groups in total. The number of hydrogen-bond donors (Lipinski definition) is 0. The van der Waals surface area contributed by atoms with Crippen molar-refractivity contribution in [3.63, 3.8) is 0 Å². The molecule has 1 aliphatic rings. The van der Waals surface area contributed by atoms with E-state index in [9.17, 15) is 18.0 Å². The first kappa shape index (κ1) is 25.7. The van der Waals surface area contributed by atoms with Gasteiger partial charge in [0, 0.05) is 24.0 Å². The van der Waals surface area contributed by atoms with E-state index < -0.39 is 22.0 Å². The Balaban J connectivity index is 1.41. The second-order valence-corrected chi connectivity index (χ2v) is 10.4. The van der Waals surface area contributed by atoms with E-state index in [1.54, 1.807) is 25.1 Å². The van der Waals surface area contributed by atoms with Gasteiger partial charge in [-0.3, -0.25) is 0 Å². The zero-order valence-electron chi connectivity index (χ0n) is 20.6. The van der Waals surface area contributed by atoms with Crippen molar-refractivity contribution < 1.29 is 36.6 Å². The number of rotatable bonds is 7. The van der Waals surface area contributed by atoms with Gasteiger partial charge >= 0.3 is 11.9 Å². The maximum absolute atomic E-state index is 12.8. The minimum atomic E-state index is -3.68. The lowest BCUT2D eigenvalue weighted by molar-refractivity contribution is 0.0528. The number of fused-ring (bicyclic) bond motifs is 1. The first-order valence-corrected chi connectivity index (χ1v) is 13.5. The molecule has 0 saturated carbocycles. The molecular formula is C28H25NO8S. The summed E-state index contributed by atoms with van der Waals surface area (Å²) in [5.41, 5.74) is 1.55. The van der Waals surface area contributed by atoms with Crippen LogP contribution in [0.3, 0.4) is 0 Å². The highest BCUT2D eigenvalue weighted by Crippen LogP contribution is 2.36. The predicted octanol–water partition coefficient (Wildman–Crippen LogP) is 4.52. The van der Waals surface area contributed by atoms with Crippen LogP contribution in [-0.2, 0) is 19.5 Å². The van der Waals surface area contributed by atoms with Crippen LogP contribution in [-0.4, -0.2) is 57.6 Å². The summed E-state index contributed by atoms with van der Waals surface area (Å²) in [7, 11) is -3.68. The molecule has 1 aromatic heterocycles. The molecule has 38 heavy (non-hydrogen) atoms. The Morgan fingerprint density at radius 3 is 2.32 bits per heavy atom. The normalized spacial score (nSPS) is 14.3. The monoisotopic (exact) mass is 535 g/mol. The molecule has 3 aromatic carbocycles. The van der Waals surface area contributed by atoms with Crippen molar-refractivity contribution in [2.24, 2.45) is 0 Å². The van der Waals surface area contributed by atoms with Gasteiger partial charge in [0.1, 0.15) is 22.7 Å². The van der Waals surface area contributed by atoms with Crippen LogP contribution < -0.4 is 4.74 Å². The molecule has 0 unspecified atom stereocenters. The summed E-state index contributed by atoms with van der Waals surface area (Å²) in [5, 5.41) is 0.444. The van der Waals surface area contributed by atoms with Gasteiger partial charge < -0.3 is 18.6 Å². The van der Waals surface area contributed by atoms with E-state index in [-0.39, 0.29) is 41.5 Å². The molecule has 2 heterocycles. The van der Waals surface area contributed by atoms with Crippen LogP contribution in [0.25, 0.3) is 22.3 Å². The third kappa shape index (κ3) is 5.06. The maximum Gasteiger partial charge on any atom is 0.343 e. The minimum absolute atomic E-state index is 0.0864. The Morgan fingerprint density at radius 1 is 0.921 bits per heavy atom. The Kier molecular flexibility index (Phi) is 7.28. The van der Waals surface area contributed by atoms with Gasteiger partial charge in [-0.2, -0.15) is 4.31 Å². The number of nitrogens with zero attached hydrogens (tertiary/aromatic N) is 1. The van der Waals surface area contributed by atoms with Gasteiger partial charge in [-0.05, 0) is 49.4 Å². The van der Waals surface area contributed by atoms with Crippen molar-refractivity contribution in [1.82, 2.24) is 4.31 Å². The number of furan rings is 1. The Labute approximate surface area is 219 Å². The maximum atomic E-state index is 12.8. The molecule has 9 nitrogen and oxygen atoms in total. The van der Waals surface area contributed by atoms with E-state index in [0.717, 1.165) is 0 Å². The second-order valence-electron chi connectivity index (χ2n) is 8.48. The third-order valence-corrected chi connectivity index (χ3v) is 8.00. The van der Waals surface area contributed by atoms with Crippen LogP contribution in [0.5, 0.6) is 5.75 Å². The molecule has 0 bridgehead atoms. The van der Waals surface area contributed by atoms with E-state index >= 15 is 0 Å². The lowest BCUT2D eigenvalue weighted by Crippen LogP contribution is -2.40. The van der Waals surface area contributed by atoms with Gasteiger partial charge in [0.05, 0.1) is 30.3 Å². The van der Waals surface area contributed by atoms with Crippen molar-refractivity contribution in [2.75, 3.05) is 32.9 Å². The summed E-state index contributed by atoms with van der Waals surface area (Å²) in [6, 6.07) is 19.5. The summed E-state index contributed by atoms with van der Waals surface area (Å²) in [6.45, 7) is 3.15. The SMILES string of the molecule is CCOC(=O)c1c(-c2ccccc2)oc2ccc(OC(=O)c3ccc(S(=O)(=O)N4CCOCC4)cc3)cc12. The number of esters is 2. The van der Waals surface area contributed by atoms with Gasteiger partial charge in [0.2, 0.25) is 10.0 Å². The Bertz CT molecular complexity index is 1570. The van der Waals surface area contributed by atoms with Gasteiger partial charge in [-0.1, -0.05) is 30.3 Å². The van der Waals surface area contributed by atoms with E-state index in [0.29, 0.717) is 35.5 Å². The summed E-state index contributed by atoms with van der Waals surface area (Å²) < 4.78 is 49.0. The molecule has 196 valence electrons. The van der Waals surface area contributed by atoms with Crippen molar-refractivity contribution in [1.29, 1.82) is 0 Å². The highest BCUT2D eigenvalue weighted by molar-refractivity contribution is 7.89. The number of sulfonamides is 1. The highest BCUT2D eigenvalue weighted by Gasteiger charge is 2.27. The lowest BCUT2D eigenvalue weighted by Gasteiger charge is -2.26. The van der Waals surface area contributed by atoms with Crippen molar-refractivity contribution >= 4 is 32.9 Å². The zero-order valence-corrected chi connectivity index (χ0v) is 21.4. The van der Waals surface area contributed by atoms with Crippen LogP contribution in [0.4, 0.5) is 0 Å². The molecule has 1 fully saturated rings. The van der Waals surface area contributed by atoms with E-state index in [4.69, 9.17) is 18.6 Å². The molecule has 5 rings (SSSR count). The fraction of sp³-hybridized carbons (Fsp3) is 0.214. The average molecular weight is 536 g/mol. The molecule has 0 amide bonds. The van der Waals surface area contributed by atoms with Crippen LogP contribution in [0.2, 0.25) is 0 Å². The molecule has 10 heteroatoms. The van der Waals surface area contributed by atoms with Crippen molar-refractivity contribution in [3.8, 4) is 17.1 Å². The number of benzene rings is 3. The zero-order chi connectivity index (χ0) is 26.7. The molecule has 0 radical (unpaired) electrons. The van der Waals surface area contributed by atoms with E-state index in [2.05, 4.69) is 0 Å². The molecule has 0 atom stereocenters. The van der Waals surface area contributed by atoms with Gasteiger partial charge in [0.25, 0.3) is 0 Å². The molecular weight excluding hydrogens is 510 g/mol. The van der Waals surface area contributed by atoms with Crippen molar-refractivity contribution in [3.05, 3.63) is 83.9 Å². The summed E-state index contributed by atoms with van der Waals surface area (Å²) in [6.07, 6.45) is 0. The number of ether oxygens (including phenoxy) is 3. The number of carbonyl (C=O) groups is 2. The minimum Gasteiger partial charge on any atom is -0.462 e. The van der Waals surface area contributed by atoms with Crippen LogP contribution >= 0.6 is 0 Å². The molecule has 1 aliphatic heterocycles.